The third kappa shape index (κ3) is 2.92. The lowest BCUT2D eigenvalue weighted by molar-refractivity contribution is 0.416. The van der Waals surface area contributed by atoms with Crippen molar-refractivity contribution in [2.24, 2.45) is 0 Å². The van der Waals surface area contributed by atoms with Crippen LogP contribution in [-0.4, -0.2) is 18.6 Å². The topological polar surface area (TPSA) is 34.1 Å². The number of fused-ring (bicyclic) bond motifs is 1. The SMILES string of the molecule is COc1c(C)cc(C)c2sc(NCCc3ccccc3)nc12. The molecule has 0 unspecified atom stereocenters. The van der Waals surface area contributed by atoms with Crippen molar-refractivity contribution in [1.29, 1.82) is 0 Å². The maximum Gasteiger partial charge on any atom is 0.183 e. The van der Waals surface area contributed by atoms with Crippen molar-refractivity contribution in [2.45, 2.75) is 20.3 Å². The van der Waals surface area contributed by atoms with E-state index in [0.717, 1.165) is 34.9 Å². The zero-order valence-electron chi connectivity index (χ0n) is 13.1. The van der Waals surface area contributed by atoms with Crippen LogP contribution in [0.15, 0.2) is 36.4 Å². The fourth-order valence-electron chi connectivity index (χ4n) is 2.68. The Balaban J connectivity index is 1.79. The molecule has 4 heteroatoms. The van der Waals surface area contributed by atoms with Gasteiger partial charge in [-0.15, -0.1) is 0 Å². The molecule has 1 aromatic heterocycles. The number of ether oxygens (including phenoxy) is 1. The number of thiazole rings is 1. The number of anilines is 1. The molecule has 3 rings (SSSR count). The van der Waals surface area contributed by atoms with Gasteiger partial charge >= 0.3 is 0 Å². The van der Waals surface area contributed by atoms with E-state index >= 15 is 0 Å². The molecule has 0 aliphatic carbocycles. The fourth-order valence-corrected chi connectivity index (χ4v) is 3.64. The molecule has 3 nitrogen and oxygen atoms in total. The highest BCUT2D eigenvalue weighted by molar-refractivity contribution is 7.22. The van der Waals surface area contributed by atoms with Crippen molar-refractivity contribution in [1.82, 2.24) is 4.98 Å². The molecule has 22 heavy (non-hydrogen) atoms. The third-order valence-corrected chi connectivity index (χ3v) is 4.88. The van der Waals surface area contributed by atoms with Crippen LogP contribution < -0.4 is 10.1 Å². The van der Waals surface area contributed by atoms with E-state index in [4.69, 9.17) is 9.72 Å². The maximum atomic E-state index is 5.52. The quantitative estimate of drug-likeness (QED) is 0.749. The normalized spacial score (nSPS) is 10.9. The van der Waals surface area contributed by atoms with Crippen LogP contribution in [-0.2, 0) is 6.42 Å². The minimum Gasteiger partial charge on any atom is -0.494 e. The van der Waals surface area contributed by atoms with Crippen LogP contribution in [0.1, 0.15) is 16.7 Å². The van der Waals surface area contributed by atoms with Crippen molar-refractivity contribution in [3.63, 3.8) is 0 Å². The van der Waals surface area contributed by atoms with Gasteiger partial charge in [-0.2, -0.15) is 0 Å². The number of aromatic nitrogens is 1. The van der Waals surface area contributed by atoms with Gasteiger partial charge in [0.15, 0.2) is 5.13 Å². The molecule has 0 radical (unpaired) electrons. The summed E-state index contributed by atoms with van der Waals surface area (Å²) in [6.45, 7) is 5.07. The Kier molecular flexibility index (Phi) is 4.29. The molecule has 0 atom stereocenters. The van der Waals surface area contributed by atoms with E-state index in [2.05, 4.69) is 49.5 Å². The van der Waals surface area contributed by atoms with Gasteiger partial charge in [-0.25, -0.2) is 4.98 Å². The van der Waals surface area contributed by atoms with Crippen molar-refractivity contribution >= 4 is 26.7 Å². The summed E-state index contributed by atoms with van der Waals surface area (Å²) in [6, 6.07) is 12.6. The number of hydrogen-bond acceptors (Lipinski definition) is 4. The second-order valence-electron chi connectivity index (χ2n) is 5.40. The minimum atomic E-state index is 0.879. The average molecular weight is 312 g/mol. The highest BCUT2D eigenvalue weighted by Gasteiger charge is 2.13. The first kappa shape index (κ1) is 14.9. The lowest BCUT2D eigenvalue weighted by Crippen LogP contribution is -2.04. The first-order chi connectivity index (χ1) is 10.7. The number of nitrogens with zero attached hydrogens (tertiary/aromatic N) is 1. The van der Waals surface area contributed by atoms with Gasteiger partial charge in [-0.1, -0.05) is 47.7 Å². The summed E-state index contributed by atoms with van der Waals surface area (Å²) in [5, 5.41) is 4.39. The summed E-state index contributed by atoms with van der Waals surface area (Å²) >= 11 is 1.70. The number of benzene rings is 2. The lowest BCUT2D eigenvalue weighted by Gasteiger charge is -2.06. The second-order valence-corrected chi connectivity index (χ2v) is 6.40. The molecular weight excluding hydrogens is 292 g/mol. The summed E-state index contributed by atoms with van der Waals surface area (Å²) in [6.07, 6.45) is 0.992. The van der Waals surface area contributed by atoms with E-state index in [1.165, 1.54) is 15.8 Å². The van der Waals surface area contributed by atoms with Gasteiger partial charge in [-0.05, 0) is 37.0 Å². The first-order valence-corrected chi connectivity index (χ1v) is 8.23. The molecule has 1 N–H and O–H groups in total. The van der Waals surface area contributed by atoms with E-state index in [1.54, 1.807) is 18.4 Å². The molecule has 0 aliphatic heterocycles. The molecule has 2 aromatic carbocycles. The van der Waals surface area contributed by atoms with Crippen LogP contribution in [0.5, 0.6) is 5.75 Å². The number of aryl methyl sites for hydroxylation is 2. The van der Waals surface area contributed by atoms with E-state index in [9.17, 15) is 0 Å². The molecule has 114 valence electrons. The minimum absolute atomic E-state index is 0.879. The summed E-state index contributed by atoms with van der Waals surface area (Å²) in [4.78, 5) is 4.72. The first-order valence-electron chi connectivity index (χ1n) is 7.41. The van der Waals surface area contributed by atoms with Crippen LogP contribution in [0.4, 0.5) is 5.13 Å². The largest absolute Gasteiger partial charge is 0.494 e. The van der Waals surface area contributed by atoms with Gasteiger partial charge in [0.2, 0.25) is 0 Å². The molecule has 1 heterocycles. The summed E-state index contributed by atoms with van der Waals surface area (Å²) < 4.78 is 6.72. The number of rotatable bonds is 5. The Labute approximate surface area is 135 Å². The van der Waals surface area contributed by atoms with Crippen LogP contribution in [0.25, 0.3) is 10.2 Å². The Morgan fingerprint density at radius 2 is 1.91 bits per heavy atom. The van der Waals surface area contributed by atoms with Crippen LogP contribution in [0, 0.1) is 13.8 Å². The monoisotopic (exact) mass is 312 g/mol. The molecule has 0 spiro atoms. The molecule has 0 aliphatic rings. The predicted molar refractivity (Wildman–Crippen MR) is 94.3 cm³/mol. The third-order valence-electron chi connectivity index (χ3n) is 3.73. The molecule has 3 aromatic rings. The van der Waals surface area contributed by atoms with Gasteiger partial charge in [0.1, 0.15) is 11.3 Å². The highest BCUT2D eigenvalue weighted by atomic mass is 32.1. The van der Waals surface area contributed by atoms with Crippen molar-refractivity contribution in [3.8, 4) is 5.75 Å². The molecule has 0 bridgehead atoms. The summed E-state index contributed by atoms with van der Waals surface area (Å²) in [5.41, 5.74) is 4.68. The van der Waals surface area contributed by atoms with Crippen LogP contribution in [0.2, 0.25) is 0 Å². The van der Waals surface area contributed by atoms with Gasteiger partial charge in [0.05, 0.1) is 11.8 Å². The zero-order chi connectivity index (χ0) is 15.5. The van der Waals surface area contributed by atoms with Crippen LogP contribution in [0.3, 0.4) is 0 Å². The van der Waals surface area contributed by atoms with Gasteiger partial charge in [0, 0.05) is 6.54 Å². The van der Waals surface area contributed by atoms with Gasteiger partial charge in [-0.3, -0.25) is 0 Å². The summed E-state index contributed by atoms with van der Waals surface area (Å²) in [5.74, 6) is 0.882. The van der Waals surface area contributed by atoms with Crippen molar-refractivity contribution in [3.05, 3.63) is 53.1 Å². The Morgan fingerprint density at radius 1 is 1.14 bits per heavy atom. The van der Waals surface area contributed by atoms with E-state index in [-0.39, 0.29) is 0 Å². The van der Waals surface area contributed by atoms with Crippen molar-refractivity contribution < 1.29 is 4.74 Å². The van der Waals surface area contributed by atoms with Crippen LogP contribution >= 0.6 is 11.3 Å². The van der Waals surface area contributed by atoms with Gasteiger partial charge < -0.3 is 10.1 Å². The number of methoxy groups -OCH3 is 1. The Hall–Kier alpha value is -2.07. The number of nitrogens with one attached hydrogen (secondary N) is 1. The van der Waals surface area contributed by atoms with Crippen molar-refractivity contribution in [2.75, 3.05) is 19.0 Å². The standard InChI is InChI=1S/C18H20N2OS/c1-12-11-13(2)17-15(16(12)21-3)20-18(22-17)19-10-9-14-7-5-4-6-8-14/h4-8,11H,9-10H2,1-3H3,(H,19,20). The molecule has 0 amide bonds. The average Bonchev–Trinajstić information content (AvgIpc) is 2.93. The maximum absolute atomic E-state index is 5.52. The Bertz CT molecular complexity index is 781. The predicted octanol–water partition coefficient (Wildman–Crippen LogP) is 4.58. The smallest absolute Gasteiger partial charge is 0.183 e. The lowest BCUT2D eigenvalue weighted by atomic mass is 10.1. The highest BCUT2D eigenvalue weighted by Crippen LogP contribution is 2.37. The fraction of sp³-hybridized carbons (Fsp3) is 0.278. The summed E-state index contributed by atoms with van der Waals surface area (Å²) in [7, 11) is 1.71. The molecule has 0 saturated carbocycles. The van der Waals surface area contributed by atoms with E-state index in [1.807, 2.05) is 6.07 Å². The van der Waals surface area contributed by atoms with E-state index < -0.39 is 0 Å². The second kappa shape index (κ2) is 6.36. The Morgan fingerprint density at radius 3 is 2.64 bits per heavy atom. The molecular formula is C18H20N2OS. The van der Waals surface area contributed by atoms with E-state index in [0.29, 0.717) is 0 Å². The molecule has 0 saturated heterocycles. The molecule has 0 fully saturated rings. The van der Waals surface area contributed by atoms with Gasteiger partial charge in [0.25, 0.3) is 0 Å². The number of hydrogen-bond donors (Lipinski definition) is 1. The zero-order valence-corrected chi connectivity index (χ0v) is 14.0.